The Morgan fingerprint density at radius 2 is 0.974 bits per heavy atom. The quantitative estimate of drug-likeness (QED) is 0.234. The summed E-state index contributed by atoms with van der Waals surface area (Å²) < 4.78 is 10.6. The first-order valence-corrected chi connectivity index (χ1v) is 12.5. The third kappa shape index (κ3) is 7.12. The summed E-state index contributed by atoms with van der Waals surface area (Å²) in [6.07, 6.45) is 0. The van der Waals surface area contributed by atoms with Crippen LogP contribution in [0.25, 0.3) is 0 Å². The van der Waals surface area contributed by atoms with Crippen molar-refractivity contribution in [1.29, 1.82) is 0 Å². The van der Waals surface area contributed by atoms with Crippen molar-refractivity contribution >= 4 is 35.6 Å². The largest absolute Gasteiger partial charge is 0.478 e. The number of carboxylic acid groups (broad SMARTS) is 2. The van der Waals surface area contributed by atoms with E-state index in [0.717, 1.165) is 22.9 Å². The van der Waals surface area contributed by atoms with Gasteiger partial charge in [-0.05, 0) is 47.5 Å². The van der Waals surface area contributed by atoms with Crippen molar-refractivity contribution in [3.05, 3.63) is 130 Å². The van der Waals surface area contributed by atoms with E-state index in [0.29, 0.717) is 9.79 Å². The minimum absolute atomic E-state index is 0.00565. The van der Waals surface area contributed by atoms with Crippen molar-refractivity contribution < 1.29 is 38.9 Å². The molecule has 196 valence electrons. The highest BCUT2D eigenvalue weighted by atomic mass is 32.2. The highest BCUT2D eigenvalue weighted by Crippen LogP contribution is 2.31. The van der Waals surface area contributed by atoms with E-state index in [4.69, 9.17) is 9.47 Å². The molecule has 0 heterocycles. The van der Waals surface area contributed by atoms with Gasteiger partial charge in [0.25, 0.3) is 0 Å². The first-order valence-electron chi connectivity index (χ1n) is 11.7. The second-order valence-electron chi connectivity index (χ2n) is 8.25. The molecule has 0 aliphatic carbocycles. The van der Waals surface area contributed by atoms with Crippen LogP contribution in [0.5, 0.6) is 0 Å². The van der Waals surface area contributed by atoms with Crippen LogP contribution in [0.4, 0.5) is 0 Å². The molecule has 4 aromatic rings. The summed E-state index contributed by atoms with van der Waals surface area (Å²) in [4.78, 5) is 49.9. The SMILES string of the molecule is O=C(O)c1cc(Sc2ccc(C(=O)O)c(C(=O)OCc3ccccc3)c2)ccc1C(=O)OCc1ccccc1. The van der Waals surface area contributed by atoms with Crippen molar-refractivity contribution in [3.63, 3.8) is 0 Å². The van der Waals surface area contributed by atoms with Gasteiger partial charge in [0.15, 0.2) is 0 Å². The van der Waals surface area contributed by atoms with Gasteiger partial charge < -0.3 is 19.7 Å². The Morgan fingerprint density at radius 3 is 1.46 bits per heavy atom. The topological polar surface area (TPSA) is 127 Å². The second kappa shape index (κ2) is 12.6. The molecule has 0 spiro atoms. The molecule has 0 atom stereocenters. The minimum atomic E-state index is -1.31. The van der Waals surface area contributed by atoms with E-state index in [-0.39, 0.29) is 35.5 Å². The zero-order chi connectivity index (χ0) is 27.8. The predicted octanol–water partition coefficient (Wildman–Crippen LogP) is 5.95. The van der Waals surface area contributed by atoms with Gasteiger partial charge in [0.05, 0.1) is 22.3 Å². The standard InChI is InChI=1S/C30H22O8S/c31-27(32)23-13-11-22(16-26(23)30(36)38-18-20-9-5-2-6-10-20)39-21-12-14-24(25(15-21)28(33)34)29(35)37-17-19-7-3-1-4-8-19/h1-16H,17-18H2,(H,31,32)(H,33,34). The lowest BCUT2D eigenvalue weighted by Gasteiger charge is -2.11. The zero-order valence-electron chi connectivity index (χ0n) is 20.4. The molecule has 0 bridgehead atoms. The molecule has 0 saturated carbocycles. The number of carbonyl (C=O) groups is 4. The van der Waals surface area contributed by atoms with Gasteiger partial charge in [0.1, 0.15) is 13.2 Å². The first-order chi connectivity index (χ1) is 18.8. The fraction of sp³-hybridized carbons (Fsp3) is 0.0667. The number of ether oxygens (including phenoxy) is 2. The summed E-state index contributed by atoms with van der Waals surface area (Å²) in [5.41, 5.74) is 0.801. The normalized spacial score (nSPS) is 10.5. The van der Waals surface area contributed by atoms with Crippen molar-refractivity contribution in [3.8, 4) is 0 Å². The van der Waals surface area contributed by atoms with Crippen LogP contribution in [0.1, 0.15) is 52.6 Å². The monoisotopic (exact) mass is 542 g/mol. The maximum atomic E-state index is 12.8. The molecule has 0 radical (unpaired) electrons. The number of carbonyl (C=O) groups excluding carboxylic acids is 2. The van der Waals surface area contributed by atoms with Crippen LogP contribution in [-0.2, 0) is 22.7 Å². The Labute approximate surface area is 227 Å². The Bertz CT molecular complexity index is 1520. The number of hydrogen-bond donors (Lipinski definition) is 2. The third-order valence-corrected chi connectivity index (χ3v) is 6.52. The highest BCUT2D eigenvalue weighted by molar-refractivity contribution is 7.99. The van der Waals surface area contributed by atoms with Crippen molar-refractivity contribution in [2.45, 2.75) is 23.0 Å². The highest BCUT2D eigenvalue weighted by Gasteiger charge is 2.21. The summed E-state index contributed by atoms with van der Waals surface area (Å²) in [6.45, 7) is -0.0335. The Morgan fingerprint density at radius 1 is 0.538 bits per heavy atom. The average Bonchev–Trinajstić information content (AvgIpc) is 2.95. The van der Waals surface area contributed by atoms with Gasteiger partial charge >= 0.3 is 23.9 Å². The van der Waals surface area contributed by atoms with Crippen LogP contribution in [-0.4, -0.2) is 34.1 Å². The van der Waals surface area contributed by atoms with Crippen LogP contribution >= 0.6 is 11.8 Å². The molecule has 8 nitrogen and oxygen atoms in total. The molecular weight excluding hydrogens is 520 g/mol. The maximum Gasteiger partial charge on any atom is 0.339 e. The van der Waals surface area contributed by atoms with Gasteiger partial charge in [-0.15, -0.1) is 0 Å². The first kappa shape index (κ1) is 27.2. The lowest BCUT2D eigenvalue weighted by atomic mass is 10.1. The molecule has 0 fully saturated rings. The van der Waals surface area contributed by atoms with E-state index in [2.05, 4.69) is 0 Å². The summed E-state index contributed by atoms with van der Waals surface area (Å²) >= 11 is 1.10. The average molecular weight is 543 g/mol. The molecule has 0 aliphatic rings. The van der Waals surface area contributed by atoms with Crippen molar-refractivity contribution in [1.82, 2.24) is 0 Å². The lowest BCUT2D eigenvalue weighted by molar-refractivity contribution is 0.0458. The summed E-state index contributed by atoms with van der Waals surface area (Å²) in [6, 6.07) is 26.4. The summed E-state index contributed by atoms with van der Waals surface area (Å²) in [7, 11) is 0. The molecule has 2 N–H and O–H groups in total. The second-order valence-corrected chi connectivity index (χ2v) is 9.40. The predicted molar refractivity (Wildman–Crippen MR) is 142 cm³/mol. The maximum absolute atomic E-state index is 12.8. The number of hydrogen-bond acceptors (Lipinski definition) is 7. The Hall–Kier alpha value is -4.89. The van der Waals surface area contributed by atoms with Crippen LogP contribution in [0, 0.1) is 0 Å². The van der Waals surface area contributed by atoms with E-state index in [1.807, 2.05) is 12.1 Å². The van der Waals surface area contributed by atoms with Crippen molar-refractivity contribution in [2.24, 2.45) is 0 Å². The van der Waals surface area contributed by atoms with Gasteiger partial charge in [0.2, 0.25) is 0 Å². The van der Waals surface area contributed by atoms with Crippen LogP contribution in [0.2, 0.25) is 0 Å². The van der Waals surface area contributed by atoms with Gasteiger partial charge in [0, 0.05) is 9.79 Å². The smallest absolute Gasteiger partial charge is 0.339 e. The van der Waals surface area contributed by atoms with Gasteiger partial charge in [-0.3, -0.25) is 0 Å². The van der Waals surface area contributed by atoms with Crippen LogP contribution in [0.3, 0.4) is 0 Å². The Balaban J connectivity index is 1.53. The fourth-order valence-corrected chi connectivity index (χ4v) is 4.52. The number of rotatable bonds is 10. The summed E-state index contributed by atoms with van der Waals surface area (Å²) in [5.74, 6) is -4.18. The van der Waals surface area contributed by atoms with Gasteiger partial charge in [-0.2, -0.15) is 0 Å². The van der Waals surface area contributed by atoms with Crippen molar-refractivity contribution in [2.75, 3.05) is 0 Å². The van der Waals surface area contributed by atoms with Crippen LogP contribution < -0.4 is 0 Å². The molecular formula is C30H22O8S. The summed E-state index contributed by atoms with van der Waals surface area (Å²) in [5, 5.41) is 19.3. The minimum Gasteiger partial charge on any atom is -0.478 e. The molecule has 39 heavy (non-hydrogen) atoms. The number of aromatic carboxylic acids is 2. The molecule has 9 heteroatoms. The van der Waals surface area contributed by atoms with E-state index in [1.165, 1.54) is 30.3 Å². The number of carboxylic acids is 2. The third-order valence-electron chi connectivity index (χ3n) is 5.54. The van der Waals surface area contributed by atoms with Crippen LogP contribution in [0.15, 0.2) is 107 Å². The lowest BCUT2D eigenvalue weighted by Crippen LogP contribution is -2.12. The van der Waals surface area contributed by atoms with E-state index < -0.39 is 23.9 Å². The molecule has 0 saturated heterocycles. The zero-order valence-corrected chi connectivity index (χ0v) is 21.2. The molecule has 0 unspecified atom stereocenters. The van der Waals surface area contributed by atoms with E-state index >= 15 is 0 Å². The number of esters is 2. The van der Waals surface area contributed by atoms with Gasteiger partial charge in [-0.25, -0.2) is 19.2 Å². The molecule has 0 amide bonds. The van der Waals surface area contributed by atoms with E-state index in [1.54, 1.807) is 54.6 Å². The fourth-order valence-electron chi connectivity index (χ4n) is 3.62. The number of benzene rings is 4. The Kier molecular flexibility index (Phi) is 8.75. The van der Waals surface area contributed by atoms with Gasteiger partial charge in [-0.1, -0.05) is 72.4 Å². The molecule has 0 aliphatic heterocycles. The molecule has 4 aromatic carbocycles. The van der Waals surface area contributed by atoms with E-state index in [9.17, 15) is 29.4 Å². The molecule has 0 aromatic heterocycles. The molecule has 4 rings (SSSR count).